The zero-order chi connectivity index (χ0) is 18.8. The number of fused-ring (bicyclic) bond motifs is 3. The van der Waals surface area contributed by atoms with Crippen LogP contribution in [0.5, 0.6) is 0 Å². The Morgan fingerprint density at radius 3 is 2.71 bits per heavy atom. The molecule has 2 N–H and O–H groups in total. The van der Waals surface area contributed by atoms with E-state index in [4.69, 9.17) is 0 Å². The van der Waals surface area contributed by atoms with Crippen molar-refractivity contribution in [3.05, 3.63) is 88.5 Å². The van der Waals surface area contributed by atoms with Crippen molar-refractivity contribution in [2.45, 2.75) is 31.2 Å². The molecule has 3 atom stereocenters. The van der Waals surface area contributed by atoms with Gasteiger partial charge in [-0.15, -0.1) is 0 Å². The molecule has 0 bridgehead atoms. The number of hydrogen-bond donors (Lipinski definition) is 2. The summed E-state index contributed by atoms with van der Waals surface area (Å²) in [4.78, 5) is 11.4. The van der Waals surface area contributed by atoms with Crippen molar-refractivity contribution in [1.29, 1.82) is 0 Å². The van der Waals surface area contributed by atoms with Gasteiger partial charge in [0.05, 0.1) is 11.6 Å². The Morgan fingerprint density at radius 1 is 1.00 bits per heavy atom. The topological polar surface area (TPSA) is 49.3 Å². The van der Waals surface area contributed by atoms with Crippen LogP contribution in [0.2, 0.25) is 0 Å². The number of carbonyl (C=O) groups is 1. The second-order valence-electron chi connectivity index (χ2n) is 8.24. The van der Waals surface area contributed by atoms with E-state index in [-0.39, 0.29) is 12.0 Å². The molecule has 28 heavy (non-hydrogen) atoms. The van der Waals surface area contributed by atoms with Gasteiger partial charge in [0.2, 0.25) is 0 Å². The highest BCUT2D eigenvalue weighted by molar-refractivity contribution is 5.94. The van der Waals surface area contributed by atoms with Crippen molar-refractivity contribution in [2.24, 2.45) is 5.92 Å². The van der Waals surface area contributed by atoms with Gasteiger partial charge in [-0.1, -0.05) is 42.5 Å². The molecule has 3 aliphatic rings. The fourth-order valence-corrected chi connectivity index (χ4v) is 5.58. The minimum atomic E-state index is -0.865. The first-order valence-electron chi connectivity index (χ1n) is 10.0. The van der Waals surface area contributed by atoms with Crippen LogP contribution in [0, 0.1) is 5.92 Å². The number of nitrogens with one attached hydrogen (secondary N) is 1. The molecular weight excluding hydrogens is 346 g/mol. The predicted octanol–water partition coefficient (Wildman–Crippen LogP) is 5.46. The highest BCUT2D eigenvalue weighted by Crippen LogP contribution is 2.51. The van der Waals surface area contributed by atoms with Gasteiger partial charge in [-0.25, -0.2) is 4.79 Å². The molecule has 3 aromatic carbocycles. The Kier molecular flexibility index (Phi) is 3.25. The Hall–Kier alpha value is -3.07. The van der Waals surface area contributed by atoms with Gasteiger partial charge in [0.25, 0.3) is 0 Å². The highest BCUT2D eigenvalue weighted by atomic mass is 16.4. The number of benzene rings is 3. The average Bonchev–Trinajstić information content (AvgIpc) is 3.36. The predicted molar refractivity (Wildman–Crippen MR) is 111 cm³/mol. The molecule has 138 valence electrons. The van der Waals surface area contributed by atoms with E-state index in [0.717, 1.165) is 30.5 Å². The third-order valence-corrected chi connectivity index (χ3v) is 6.86. The van der Waals surface area contributed by atoms with E-state index < -0.39 is 5.97 Å². The summed E-state index contributed by atoms with van der Waals surface area (Å²) >= 11 is 0. The molecule has 1 aliphatic heterocycles. The lowest BCUT2D eigenvalue weighted by atomic mass is 9.75. The van der Waals surface area contributed by atoms with Crippen LogP contribution in [0.1, 0.15) is 51.0 Å². The number of aryl methyl sites for hydroxylation is 2. The lowest BCUT2D eigenvalue weighted by molar-refractivity contribution is 0.0696. The first kappa shape index (κ1) is 15.9. The van der Waals surface area contributed by atoms with Crippen LogP contribution in [0.15, 0.2) is 60.7 Å². The van der Waals surface area contributed by atoms with Crippen LogP contribution in [-0.4, -0.2) is 11.1 Å². The summed E-state index contributed by atoms with van der Waals surface area (Å²) in [5, 5.41) is 16.0. The summed E-state index contributed by atoms with van der Waals surface area (Å²) in [6, 6.07) is 17.1. The number of aromatic carboxylic acids is 1. The van der Waals surface area contributed by atoms with E-state index in [1.165, 1.54) is 27.5 Å². The van der Waals surface area contributed by atoms with Crippen LogP contribution in [0.25, 0.3) is 10.8 Å². The number of hydrogen-bond acceptors (Lipinski definition) is 2. The fourth-order valence-electron chi connectivity index (χ4n) is 5.58. The SMILES string of the molecule is O=C(O)c1ccc2c(c1)[C@@H]1C=CC[C@@H]1[C@H](c1ccc3c4c(cccc14)CC3)N2. The van der Waals surface area contributed by atoms with E-state index in [2.05, 4.69) is 47.8 Å². The standard InChI is InChI=1S/C25H21NO2/c27-25(28)16-10-12-22-21(13-16)17-4-2-6-19(17)24(26-22)20-11-9-15-8-7-14-3-1-5-18(20)23(14)15/h1-5,9-13,17,19,24,26H,6-8H2,(H,27,28)/t17-,19+,24-/m1/s1. The van der Waals surface area contributed by atoms with E-state index in [1.54, 1.807) is 6.07 Å². The van der Waals surface area contributed by atoms with Crippen molar-refractivity contribution in [3.8, 4) is 0 Å². The molecule has 3 aromatic rings. The summed E-state index contributed by atoms with van der Waals surface area (Å²) < 4.78 is 0. The van der Waals surface area contributed by atoms with Crippen molar-refractivity contribution in [2.75, 3.05) is 5.32 Å². The Labute approximate surface area is 163 Å². The van der Waals surface area contributed by atoms with E-state index >= 15 is 0 Å². The smallest absolute Gasteiger partial charge is 0.335 e. The van der Waals surface area contributed by atoms with Gasteiger partial charge in [-0.05, 0) is 76.4 Å². The molecule has 0 amide bonds. The fraction of sp³-hybridized carbons (Fsp3) is 0.240. The number of anilines is 1. The largest absolute Gasteiger partial charge is 0.478 e. The van der Waals surface area contributed by atoms with Gasteiger partial charge in [0.15, 0.2) is 0 Å². The van der Waals surface area contributed by atoms with Crippen molar-refractivity contribution < 1.29 is 9.90 Å². The van der Waals surface area contributed by atoms with Gasteiger partial charge < -0.3 is 10.4 Å². The Balaban J connectivity index is 1.51. The molecule has 1 heterocycles. The van der Waals surface area contributed by atoms with Crippen LogP contribution in [0.3, 0.4) is 0 Å². The molecule has 0 saturated carbocycles. The lowest BCUT2D eigenvalue weighted by Crippen LogP contribution is -2.29. The van der Waals surface area contributed by atoms with Gasteiger partial charge in [0.1, 0.15) is 0 Å². The van der Waals surface area contributed by atoms with Crippen LogP contribution in [0.4, 0.5) is 5.69 Å². The summed E-state index contributed by atoms with van der Waals surface area (Å²) in [5.41, 5.74) is 6.85. The molecule has 0 saturated heterocycles. The molecule has 3 heteroatoms. The van der Waals surface area contributed by atoms with Gasteiger partial charge in [-0.3, -0.25) is 0 Å². The summed E-state index contributed by atoms with van der Waals surface area (Å²) in [7, 11) is 0. The zero-order valence-corrected chi connectivity index (χ0v) is 15.5. The van der Waals surface area contributed by atoms with E-state index in [0.29, 0.717) is 11.5 Å². The number of allylic oxidation sites excluding steroid dienone is 2. The van der Waals surface area contributed by atoms with Crippen molar-refractivity contribution >= 4 is 22.4 Å². The second-order valence-corrected chi connectivity index (χ2v) is 8.24. The number of rotatable bonds is 2. The lowest BCUT2D eigenvalue weighted by Gasteiger charge is -2.38. The monoisotopic (exact) mass is 367 g/mol. The average molecular weight is 367 g/mol. The van der Waals surface area contributed by atoms with Gasteiger partial charge in [0, 0.05) is 11.6 Å². The maximum absolute atomic E-state index is 11.4. The van der Waals surface area contributed by atoms with Gasteiger partial charge >= 0.3 is 5.97 Å². The normalized spacial score (nSPS) is 24.1. The van der Waals surface area contributed by atoms with Crippen molar-refractivity contribution in [1.82, 2.24) is 0 Å². The molecule has 2 aliphatic carbocycles. The first-order valence-corrected chi connectivity index (χ1v) is 10.0. The maximum Gasteiger partial charge on any atom is 0.335 e. The molecule has 0 unspecified atom stereocenters. The number of carboxylic acid groups (broad SMARTS) is 1. The van der Waals surface area contributed by atoms with Crippen LogP contribution in [-0.2, 0) is 12.8 Å². The molecular formula is C25H21NO2. The molecule has 3 nitrogen and oxygen atoms in total. The maximum atomic E-state index is 11.4. The number of carboxylic acids is 1. The third-order valence-electron chi connectivity index (χ3n) is 6.86. The van der Waals surface area contributed by atoms with Gasteiger partial charge in [-0.2, -0.15) is 0 Å². The minimum absolute atomic E-state index is 0.230. The van der Waals surface area contributed by atoms with Crippen molar-refractivity contribution in [3.63, 3.8) is 0 Å². The summed E-state index contributed by atoms with van der Waals surface area (Å²) in [5.74, 6) is -0.186. The van der Waals surface area contributed by atoms with Crippen LogP contribution >= 0.6 is 0 Å². The summed E-state index contributed by atoms with van der Waals surface area (Å²) in [6.07, 6.45) is 7.82. The highest BCUT2D eigenvalue weighted by Gasteiger charge is 2.39. The second kappa shape index (κ2) is 5.71. The Morgan fingerprint density at radius 2 is 1.86 bits per heavy atom. The molecule has 0 aromatic heterocycles. The zero-order valence-electron chi connectivity index (χ0n) is 15.5. The molecule has 6 rings (SSSR count). The van der Waals surface area contributed by atoms with Crippen LogP contribution < -0.4 is 5.32 Å². The Bertz CT molecular complexity index is 1170. The quantitative estimate of drug-likeness (QED) is 0.591. The summed E-state index contributed by atoms with van der Waals surface area (Å²) in [6.45, 7) is 0. The van der Waals surface area contributed by atoms with E-state index in [9.17, 15) is 9.90 Å². The molecule has 0 fully saturated rings. The molecule has 0 radical (unpaired) electrons. The third kappa shape index (κ3) is 2.13. The first-order chi connectivity index (χ1) is 13.7. The minimum Gasteiger partial charge on any atom is -0.478 e. The molecule has 0 spiro atoms. The van der Waals surface area contributed by atoms with E-state index in [1.807, 2.05) is 12.1 Å².